The van der Waals surface area contributed by atoms with Crippen LogP contribution in [0.1, 0.15) is 61.5 Å². The summed E-state index contributed by atoms with van der Waals surface area (Å²) >= 11 is 0. The molecular weight excluding hydrogens is 433 g/mol. The van der Waals surface area contributed by atoms with Crippen LogP contribution in [0.4, 0.5) is 13.2 Å². The number of amides is 1. The molecule has 0 atom stereocenters. The molecule has 1 amide bonds. The lowest BCUT2D eigenvalue weighted by Gasteiger charge is -2.48. The highest BCUT2D eigenvalue weighted by molar-refractivity contribution is 7.91. The van der Waals surface area contributed by atoms with E-state index in [0.717, 1.165) is 44.2 Å². The highest BCUT2D eigenvalue weighted by atomic mass is 32.2. The van der Waals surface area contributed by atoms with E-state index >= 15 is 0 Å². The Morgan fingerprint density at radius 1 is 1.26 bits per heavy atom. The predicted molar refractivity (Wildman–Crippen MR) is 110 cm³/mol. The fourth-order valence-electron chi connectivity index (χ4n) is 4.64. The van der Waals surface area contributed by atoms with Crippen LogP contribution in [0.2, 0.25) is 0 Å². The lowest BCUT2D eigenvalue weighted by molar-refractivity contribution is -0.141. The molecule has 6 nitrogen and oxygen atoms in total. The van der Waals surface area contributed by atoms with Gasteiger partial charge in [0, 0.05) is 12.3 Å². The Labute approximate surface area is 180 Å². The SMILES string of the molecule is CCCS(=O)(=O)C[C@H]1C[C@](CNC(=O)c2ccc(C(F)(F)F)nc2OC)(CC2CC2)C1. The Hall–Kier alpha value is -1.84. The van der Waals surface area contributed by atoms with Gasteiger partial charge in [0.05, 0.1) is 12.9 Å². The van der Waals surface area contributed by atoms with Crippen molar-refractivity contribution in [3.63, 3.8) is 0 Å². The third kappa shape index (κ3) is 6.11. The number of sulfone groups is 1. The van der Waals surface area contributed by atoms with E-state index in [1.165, 1.54) is 7.11 Å². The van der Waals surface area contributed by atoms with Gasteiger partial charge in [-0.1, -0.05) is 19.8 Å². The molecule has 2 aliphatic rings. The number of alkyl halides is 3. The minimum atomic E-state index is -4.63. The average molecular weight is 463 g/mol. The molecule has 2 fully saturated rings. The van der Waals surface area contributed by atoms with E-state index in [-0.39, 0.29) is 34.3 Å². The average Bonchev–Trinajstić information content (AvgIpc) is 3.46. The van der Waals surface area contributed by atoms with Crippen LogP contribution in [0.5, 0.6) is 5.88 Å². The van der Waals surface area contributed by atoms with Gasteiger partial charge < -0.3 is 10.1 Å². The third-order valence-corrected chi connectivity index (χ3v) is 8.09. The van der Waals surface area contributed by atoms with Gasteiger partial charge in [-0.25, -0.2) is 13.4 Å². The van der Waals surface area contributed by atoms with Crippen LogP contribution < -0.4 is 10.1 Å². The number of nitrogens with zero attached hydrogens (tertiary/aromatic N) is 1. The third-order valence-electron chi connectivity index (χ3n) is 6.08. The normalized spacial score (nSPS) is 23.8. The quantitative estimate of drug-likeness (QED) is 0.571. The fraction of sp³-hybridized carbons (Fsp3) is 0.714. The first kappa shape index (κ1) is 23.8. The van der Waals surface area contributed by atoms with E-state index in [2.05, 4.69) is 10.3 Å². The minimum absolute atomic E-state index is 0.0570. The number of pyridine rings is 1. The topological polar surface area (TPSA) is 85.4 Å². The molecule has 2 saturated carbocycles. The molecule has 1 N–H and O–H groups in total. The summed E-state index contributed by atoms with van der Waals surface area (Å²) in [6.07, 6.45) is 0.650. The smallest absolute Gasteiger partial charge is 0.433 e. The Bertz CT molecular complexity index is 908. The van der Waals surface area contributed by atoms with E-state index < -0.39 is 27.6 Å². The molecule has 174 valence electrons. The zero-order chi connectivity index (χ0) is 22.9. The van der Waals surface area contributed by atoms with Crippen molar-refractivity contribution < 1.29 is 31.1 Å². The van der Waals surface area contributed by atoms with E-state index in [1.54, 1.807) is 0 Å². The van der Waals surface area contributed by atoms with Crippen LogP contribution in [-0.4, -0.2) is 44.5 Å². The van der Waals surface area contributed by atoms with E-state index in [9.17, 15) is 26.4 Å². The summed E-state index contributed by atoms with van der Waals surface area (Å²) in [5, 5.41) is 2.83. The number of methoxy groups -OCH3 is 1. The van der Waals surface area contributed by atoms with Gasteiger partial charge in [-0.2, -0.15) is 13.2 Å². The second-order valence-electron chi connectivity index (χ2n) is 8.97. The largest absolute Gasteiger partial charge is 0.480 e. The summed E-state index contributed by atoms with van der Waals surface area (Å²) < 4.78 is 67.8. The van der Waals surface area contributed by atoms with Crippen LogP contribution in [-0.2, 0) is 16.0 Å². The maximum atomic E-state index is 12.9. The second kappa shape index (κ2) is 8.96. The number of carbonyl (C=O) groups excluding carboxylic acids is 1. The first-order chi connectivity index (χ1) is 14.5. The van der Waals surface area contributed by atoms with Crippen molar-refractivity contribution in [1.29, 1.82) is 0 Å². The molecule has 0 aromatic carbocycles. The number of nitrogens with one attached hydrogen (secondary N) is 1. The first-order valence-electron chi connectivity index (χ1n) is 10.6. The summed E-state index contributed by atoms with van der Waals surface area (Å²) in [6.45, 7) is 2.20. The predicted octanol–water partition coefficient (Wildman–Crippen LogP) is 3.86. The molecule has 3 rings (SSSR count). The molecular formula is C21H29F3N2O4S. The van der Waals surface area contributed by atoms with Crippen molar-refractivity contribution in [1.82, 2.24) is 10.3 Å². The molecule has 0 aliphatic heterocycles. The second-order valence-corrected chi connectivity index (χ2v) is 11.2. The summed E-state index contributed by atoms with van der Waals surface area (Å²) in [6, 6.07) is 1.83. The lowest BCUT2D eigenvalue weighted by Crippen LogP contribution is -2.48. The Morgan fingerprint density at radius 3 is 2.48 bits per heavy atom. The number of aromatic nitrogens is 1. The van der Waals surface area contributed by atoms with Gasteiger partial charge in [0.1, 0.15) is 11.3 Å². The number of hydrogen-bond donors (Lipinski definition) is 1. The summed E-state index contributed by atoms with van der Waals surface area (Å²) in [5.74, 6) is 0.145. The molecule has 1 aromatic rings. The van der Waals surface area contributed by atoms with Gasteiger partial charge in [-0.05, 0) is 55.1 Å². The molecule has 0 bridgehead atoms. The highest BCUT2D eigenvalue weighted by Crippen LogP contribution is 2.54. The minimum Gasteiger partial charge on any atom is -0.480 e. The molecule has 1 heterocycles. The van der Waals surface area contributed by atoms with Crippen LogP contribution in [0, 0.1) is 17.3 Å². The number of hydrogen-bond acceptors (Lipinski definition) is 5. The van der Waals surface area contributed by atoms with Crippen molar-refractivity contribution >= 4 is 15.7 Å². The molecule has 2 aliphatic carbocycles. The van der Waals surface area contributed by atoms with Gasteiger partial charge in [0.25, 0.3) is 5.91 Å². The molecule has 0 saturated heterocycles. The maximum absolute atomic E-state index is 12.9. The zero-order valence-electron chi connectivity index (χ0n) is 17.8. The van der Waals surface area contributed by atoms with Gasteiger partial charge in [-0.15, -0.1) is 0 Å². The Morgan fingerprint density at radius 2 is 1.94 bits per heavy atom. The molecule has 10 heteroatoms. The highest BCUT2D eigenvalue weighted by Gasteiger charge is 2.48. The van der Waals surface area contributed by atoms with Crippen LogP contribution in [0.3, 0.4) is 0 Å². The van der Waals surface area contributed by atoms with Gasteiger partial charge >= 0.3 is 6.18 Å². The van der Waals surface area contributed by atoms with Crippen molar-refractivity contribution in [2.45, 2.75) is 51.6 Å². The number of halogens is 3. The maximum Gasteiger partial charge on any atom is 0.433 e. The van der Waals surface area contributed by atoms with Gasteiger partial charge in [0.2, 0.25) is 5.88 Å². The fourth-order valence-corrected chi connectivity index (χ4v) is 6.39. The van der Waals surface area contributed by atoms with Crippen molar-refractivity contribution in [3.05, 3.63) is 23.4 Å². The van der Waals surface area contributed by atoms with Crippen molar-refractivity contribution in [2.24, 2.45) is 17.3 Å². The summed E-state index contributed by atoms with van der Waals surface area (Å²) in [7, 11) is -1.89. The summed E-state index contributed by atoms with van der Waals surface area (Å²) in [5.41, 5.74) is -1.34. The Kier molecular flexibility index (Phi) is 6.88. The van der Waals surface area contributed by atoms with Gasteiger partial charge in [-0.3, -0.25) is 4.79 Å². The molecule has 0 radical (unpaired) electrons. The van der Waals surface area contributed by atoms with Crippen LogP contribution in [0.25, 0.3) is 0 Å². The van der Waals surface area contributed by atoms with E-state index in [1.807, 2.05) is 6.92 Å². The van der Waals surface area contributed by atoms with Crippen LogP contribution in [0.15, 0.2) is 12.1 Å². The monoisotopic (exact) mass is 462 g/mol. The first-order valence-corrected chi connectivity index (χ1v) is 12.4. The Balaban J connectivity index is 1.64. The van der Waals surface area contributed by atoms with Crippen molar-refractivity contribution in [2.75, 3.05) is 25.2 Å². The standard InChI is InChI=1S/C21H29F3N2O4S/c1-3-8-31(28,29)12-15-10-20(11-15,9-14-4-5-14)13-25-18(27)16-6-7-17(21(22,23)24)26-19(16)30-2/h6-7,14-15H,3-5,8-13H2,1-2H3,(H,25,27)/t15-,20+. The summed E-state index contributed by atoms with van der Waals surface area (Å²) in [4.78, 5) is 16.1. The number of rotatable bonds is 10. The van der Waals surface area contributed by atoms with Gasteiger partial charge in [0.15, 0.2) is 9.84 Å². The lowest BCUT2D eigenvalue weighted by atomic mass is 9.60. The van der Waals surface area contributed by atoms with Crippen molar-refractivity contribution in [3.8, 4) is 5.88 Å². The number of carbonyl (C=O) groups is 1. The van der Waals surface area contributed by atoms with E-state index in [4.69, 9.17) is 4.74 Å². The molecule has 1 aromatic heterocycles. The zero-order valence-corrected chi connectivity index (χ0v) is 18.6. The number of ether oxygens (including phenoxy) is 1. The van der Waals surface area contributed by atoms with E-state index in [0.29, 0.717) is 18.9 Å². The van der Waals surface area contributed by atoms with Crippen LogP contribution >= 0.6 is 0 Å². The molecule has 31 heavy (non-hydrogen) atoms. The molecule has 0 unspecified atom stereocenters. The molecule has 0 spiro atoms.